The summed E-state index contributed by atoms with van der Waals surface area (Å²) in [6, 6.07) is 12.4. The van der Waals surface area contributed by atoms with E-state index in [1.807, 2.05) is 18.2 Å². The maximum absolute atomic E-state index is 6.08. The summed E-state index contributed by atoms with van der Waals surface area (Å²) < 4.78 is 6.08. The van der Waals surface area contributed by atoms with Gasteiger partial charge in [0.1, 0.15) is 11.5 Å². The van der Waals surface area contributed by atoms with Crippen molar-refractivity contribution in [2.75, 3.05) is 0 Å². The maximum atomic E-state index is 6.08. The smallest absolute Gasteiger partial charge is 0.135 e. The summed E-state index contributed by atoms with van der Waals surface area (Å²) >= 11 is 0. The fourth-order valence-electron chi connectivity index (χ4n) is 2.70. The van der Waals surface area contributed by atoms with Crippen LogP contribution in [0.25, 0.3) is 16.9 Å². The maximum Gasteiger partial charge on any atom is 0.135 e. The molecule has 0 fully saturated rings. The molecule has 96 valence electrons. The third-order valence-electron chi connectivity index (χ3n) is 3.81. The van der Waals surface area contributed by atoms with Gasteiger partial charge in [-0.1, -0.05) is 48.6 Å². The van der Waals surface area contributed by atoms with Crippen molar-refractivity contribution >= 4 is 5.57 Å². The predicted octanol–water partition coefficient (Wildman–Crippen LogP) is 5.41. The number of hydrogen-bond donors (Lipinski definition) is 0. The molecule has 1 aliphatic rings. The van der Waals surface area contributed by atoms with Gasteiger partial charge in [0.2, 0.25) is 0 Å². The van der Waals surface area contributed by atoms with Gasteiger partial charge in [-0.15, -0.1) is 0 Å². The minimum absolute atomic E-state index is 0.389. The monoisotopic (exact) mass is 250 g/mol. The number of rotatable bonds is 2. The number of benzene rings is 1. The first-order chi connectivity index (χ1) is 9.16. The quantitative estimate of drug-likeness (QED) is 0.649. The highest BCUT2D eigenvalue weighted by atomic mass is 16.3. The van der Waals surface area contributed by atoms with E-state index < -0.39 is 0 Å². The lowest BCUT2D eigenvalue weighted by molar-refractivity contribution is 0.555. The van der Waals surface area contributed by atoms with Crippen molar-refractivity contribution in [2.45, 2.75) is 26.2 Å². The number of fused-ring (bicyclic) bond motifs is 1. The summed E-state index contributed by atoms with van der Waals surface area (Å²) in [4.78, 5) is 0. The summed E-state index contributed by atoms with van der Waals surface area (Å²) in [5.74, 6) is 2.37. The summed E-state index contributed by atoms with van der Waals surface area (Å²) in [6.07, 6.45) is 3.28. The zero-order valence-electron chi connectivity index (χ0n) is 11.4. The van der Waals surface area contributed by atoms with Gasteiger partial charge in [-0.25, -0.2) is 0 Å². The fourth-order valence-corrected chi connectivity index (χ4v) is 2.70. The molecule has 0 N–H and O–H groups in total. The van der Waals surface area contributed by atoms with Crippen molar-refractivity contribution in [1.29, 1.82) is 0 Å². The number of hydrogen-bond acceptors (Lipinski definition) is 1. The van der Waals surface area contributed by atoms with Crippen LogP contribution < -0.4 is 0 Å². The first kappa shape index (κ1) is 12.0. The Morgan fingerprint density at radius 2 is 2.00 bits per heavy atom. The van der Waals surface area contributed by atoms with Gasteiger partial charge >= 0.3 is 0 Å². The van der Waals surface area contributed by atoms with Gasteiger partial charge in [0.25, 0.3) is 0 Å². The second-order valence-corrected chi connectivity index (χ2v) is 5.28. The molecule has 19 heavy (non-hydrogen) atoms. The van der Waals surface area contributed by atoms with Gasteiger partial charge < -0.3 is 4.42 Å². The van der Waals surface area contributed by atoms with E-state index in [1.54, 1.807) is 0 Å². The van der Waals surface area contributed by atoms with Crippen LogP contribution in [0.5, 0.6) is 0 Å². The molecule has 0 amide bonds. The van der Waals surface area contributed by atoms with Gasteiger partial charge in [0.05, 0.1) is 0 Å². The average Bonchev–Trinajstić information content (AvgIpc) is 2.85. The van der Waals surface area contributed by atoms with Crippen molar-refractivity contribution in [1.82, 2.24) is 0 Å². The third-order valence-corrected chi connectivity index (χ3v) is 3.81. The van der Waals surface area contributed by atoms with E-state index in [4.69, 9.17) is 4.42 Å². The minimum atomic E-state index is 0.389. The predicted molar refractivity (Wildman–Crippen MR) is 80.0 cm³/mol. The minimum Gasteiger partial charge on any atom is -0.456 e. The molecule has 2 aromatic rings. The molecule has 1 atom stereocenters. The average molecular weight is 250 g/mol. The van der Waals surface area contributed by atoms with Gasteiger partial charge in [0.15, 0.2) is 0 Å². The lowest BCUT2D eigenvalue weighted by atomic mass is 9.84. The normalized spacial score (nSPS) is 17.8. The molecule has 0 spiro atoms. The van der Waals surface area contributed by atoms with Crippen LogP contribution in [0.1, 0.15) is 37.5 Å². The van der Waals surface area contributed by atoms with Gasteiger partial charge in [0, 0.05) is 17.0 Å². The van der Waals surface area contributed by atoms with Crippen LogP contribution in [0.15, 0.2) is 59.0 Å². The molecule has 0 radical (unpaired) electrons. The lowest BCUT2D eigenvalue weighted by Crippen LogP contribution is -2.04. The number of furan rings is 1. The van der Waals surface area contributed by atoms with E-state index in [0.717, 1.165) is 23.5 Å². The first-order valence-electron chi connectivity index (χ1n) is 6.68. The molecule has 0 bridgehead atoms. The van der Waals surface area contributed by atoms with Crippen molar-refractivity contribution in [3.05, 3.63) is 65.9 Å². The molecule has 0 aliphatic heterocycles. The molecule has 0 unspecified atom stereocenters. The molecule has 1 aromatic heterocycles. The van der Waals surface area contributed by atoms with Crippen LogP contribution >= 0.6 is 0 Å². The highest BCUT2D eigenvalue weighted by Gasteiger charge is 2.25. The molecule has 1 aromatic carbocycles. The van der Waals surface area contributed by atoms with Crippen molar-refractivity contribution in [3.63, 3.8) is 0 Å². The fraction of sp³-hybridized carbons (Fsp3) is 0.222. The van der Waals surface area contributed by atoms with Gasteiger partial charge in [-0.2, -0.15) is 0 Å². The molecule has 0 saturated carbocycles. The Morgan fingerprint density at radius 3 is 2.68 bits per heavy atom. The van der Waals surface area contributed by atoms with E-state index >= 15 is 0 Å². The van der Waals surface area contributed by atoms with Crippen molar-refractivity contribution < 1.29 is 4.42 Å². The van der Waals surface area contributed by atoms with Crippen LogP contribution in [0.3, 0.4) is 0 Å². The third kappa shape index (κ3) is 2.06. The molecule has 1 aliphatic carbocycles. The SMILES string of the molecule is C=C(C)[C@H]1CC=C(C)c2oc(-c3ccccc3)cc21. The Balaban J connectivity index is 2.11. The Bertz CT molecular complexity index is 644. The van der Waals surface area contributed by atoms with Crippen LogP contribution in [0.4, 0.5) is 0 Å². The molecular formula is C18H18O. The van der Waals surface area contributed by atoms with Crippen molar-refractivity contribution in [2.24, 2.45) is 0 Å². The molecular weight excluding hydrogens is 232 g/mol. The molecule has 1 heterocycles. The van der Waals surface area contributed by atoms with E-state index in [-0.39, 0.29) is 0 Å². The van der Waals surface area contributed by atoms with E-state index in [0.29, 0.717) is 5.92 Å². The summed E-state index contributed by atoms with van der Waals surface area (Å²) in [7, 11) is 0. The van der Waals surface area contributed by atoms with Gasteiger partial charge in [-0.3, -0.25) is 0 Å². The van der Waals surface area contributed by atoms with Crippen LogP contribution in [-0.2, 0) is 0 Å². The van der Waals surface area contributed by atoms with Crippen LogP contribution in [0, 0.1) is 0 Å². The summed E-state index contributed by atoms with van der Waals surface area (Å²) in [6.45, 7) is 8.33. The summed E-state index contributed by atoms with van der Waals surface area (Å²) in [5.41, 5.74) is 4.84. The molecule has 1 nitrogen and oxygen atoms in total. The Labute approximate surface area is 114 Å². The highest BCUT2D eigenvalue weighted by molar-refractivity contribution is 5.70. The van der Waals surface area contributed by atoms with E-state index in [2.05, 4.69) is 44.7 Å². The van der Waals surface area contributed by atoms with E-state index in [9.17, 15) is 0 Å². The zero-order chi connectivity index (χ0) is 13.4. The van der Waals surface area contributed by atoms with Gasteiger partial charge in [-0.05, 0) is 31.9 Å². The Morgan fingerprint density at radius 1 is 1.26 bits per heavy atom. The Kier molecular flexibility index (Phi) is 2.90. The number of allylic oxidation sites excluding steroid dienone is 3. The van der Waals surface area contributed by atoms with Crippen LogP contribution in [-0.4, -0.2) is 0 Å². The molecule has 1 heteroatoms. The molecule has 0 saturated heterocycles. The summed E-state index contributed by atoms with van der Waals surface area (Å²) in [5, 5.41) is 0. The second kappa shape index (κ2) is 4.58. The second-order valence-electron chi connectivity index (χ2n) is 5.28. The largest absolute Gasteiger partial charge is 0.456 e. The van der Waals surface area contributed by atoms with Crippen molar-refractivity contribution in [3.8, 4) is 11.3 Å². The highest BCUT2D eigenvalue weighted by Crippen LogP contribution is 2.41. The van der Waals surface area contributed by atoms with E-state index in [1.165, 1.54) is 16.7 Å². The zero-order valence-corrected chi connectivity index (χ0v) is 11.4. The lowest BCUT2D eigenvalue weighted by Gasteiger charge is -2.20. The van der Waals surface area contributed by atoms with Crippen LogP contribution in [0.2, 0.25) is 0 Å². The standard InChI is InChI=1S/C18H18O/c1-12(2)15-10-9-13(3)18-16(15)11-17(19-18)14-7-5-4-6-8-14/h4-9,11,15H,1,10H2,2-3H3/t15-/m1/s1. The molecule has 3 rings (SSSR count). The first-order valence-corrected chi connectivity index (χ1v) is 6.68. The topological polar surface area (TPSA) is 13.1 Å². The Hall–Kier alpha value is -2.02.